The van der Waals surface area contributed by atoms with E-state index in [4.69, 9.17) is 0 Å². The van der Waals surface area contributed by atoms with Gasteiger partial charge in [-0.3, -0.25) is 4.79 Å². The largest absolute Gasteiger partial charge is 0.393 e. The second-order valence-electron chi connectivity index (χ2n) is 6.88. The first-order valence-electron chi connectivity index (χ1n) is 9.19. The minimum Gasteiger partial charge on any atom is -0.393 e. The number of nitrogens with one attached hydrogen (secondary N) is 2. The van der Waals surface area contributed by atoms with E-state index in [1.54, 1.807) is 17.0 Å². The number of aryl methyl sites for hydroxylation is 1. The number of para-hydroxylation sites is 1. The van der Waals surface area contributed by atoms with Gasteiger partial charge in [0.15, 0.2) is 0 Å². The highest BCUT2D eigenvalue weighted by molar-refractivity contribution is 6.00. The van der Waals surface area contributed by atoms with Gasteiger partial charge >= 0.3 is 6.03 Å². The first-order valence-corrected chi connectivity index (χ1v) is 9.19. The summed E-state index contributed by atoms with van der Waals surface area (Å²) >= 11 is 0. The number of benzene rings is 2. The molecule has 0 aromatic heterocycles. The van der Waals surface area contributed by atoms with Gasteiger partial charge in [0.1, 0.15) is 0 Å². The Morgan fingerprint density at radius 1 is 1.04 bits per heavy atom. The minimum absolute atomic E-state index is 0.0694. The van der Waals surface area contributed by atoms with Crippen LogP contribution in [0.5, 0.6) is 0 Å². The molecule has 1 heterocycles. The van der Waals surface area contributed by atoms with Crippen LogP contribution in [0, 0.1) is 6.92 Å². The van der Waals surface area contributed by atoms with E-state index in [9.17, 15) is 14.7 Å². The Kier molecular flexibility index (Phi) is 6.08. The summed E-state index contributed by atoms with van der Waals surface area (Å²) in [6.07, 6.45) is 1.33. The molecule has 27 heavy (non-hydrogen) atoms. The lowest BCUT2D eigenvalue weighted by molar-refractivity contribution is -0.132. The molecule has 0 atom stereocenters. The summed E-state index contributed by atoms with van der Waals surface area (Å²) in [6.45, 7) is 3.15. The van der Waals surface area contributed by atoms with Gasteiger partial charge in [0.2, 0.25) is 5.91 Å². The van der Waals surface area contributed by atoms with Crippen LogP contribution in [0.1, 0.15) is 24.0 Å². The van der Waals surface area contributed by atoms with E-state index in [0.717, 1.165) is 16.8 Å². The van der Waals surface area contributed by atoms with Crippen molar-refractivity contribution in [2.24, 2.45) is 0 Å². The van der Waals surface area contributed by atoms with E-state index in [0.29, 0.717) is 38.0 Å². The van der Waals surface area contributed by atoms with Crippen LogP contribution in [-0.2, 0) is 11.2 Å². The molecule has 3 amide bonds. The van der Waals surface area contributed by atoms with Crippen molar-refractivity contribution in [2.75, 3.05) is 23.7 Å². The Morgan fingerprint density at radius 2 is 1.70 bits per heavy atom. The van der Waals surface area contributed by atoms with Crippen LogP contribution in [0.15, 0.2) is 48.5 Å². The molecule has 0 saturated carbocycles. The van der Waals surface area contributed by atoms with Gasteiger partial charge < -0.3 is 20.6 Å². The number of aliphatic hydroxyl groups is 1. The summed E-state index contributed by atoms with van der Waals surface area (Å²) in [5.74, 6) is 0.0694. The van der Waals surface area contributed by atoms with Crippen molar-refractivity contribution in [2.45, 2.75) is 32.3 Å². The van der Waals surface area contributed by atoms with Crippen LogP contribution in [0.2, 0.25) is 0 Å². The number of nitrogens with zero attached hydrogens (tertiary/aromatic N) is 1. The van der Waals surface area contributed by atoms with Crippen LogP contribution < -0.4 is 10.6 Å². The Morgan fingerprint density at radius 3 is 2.37 bits per heavy atom. The number of likely N-dealkylation sites (tertiary alicyclic amines) is 1. The molecule has 0 radical (unpaired) electrons. The van der Waals surface area contributed by atoms with E-state index in [-0.39, 0.29) is 18.0 Å². The lowest BCUT2D eigenvalue weighted by atomic mass is 10.1. The van der Waals surface area contributed by atoms with Crippen LogP contribution in [0.3, 0.4) is 0 Å². The average Bonchev–Trinajstić information content (AvgIpc) is 2.66. The summed E-state index contributed by atoms with van der Waals surface area (Å²) in [4.78, 5) is 26.3. The fraction of sp³-hybridized carbons (Fsp3) is 0.333. The number of aliphatic hydroxyl groups excluding tert-OH is 1. The molecule has 2 aromatic rings. The average molecular weight is 367 g/mol. The third-order valence-electron chi connectivity index (χ3n) is 4.78. The molecule has 1 aliphatic rings. The van der Waals surface area contributed by atoms with Crippen LogP contribution in [-0.4, -0.2) is 41.1 Å². The first kappa shape index (κ1) is 18.9. The van der Waals surface area contributed by atoms with Crippen molar-refractivity contribution in [3.63, 3.8) is 0 Å². The predicted molar refractivity (Wildman–Crippen MR) is 106 cm³/mol. The molecule has 1 saturated heterocycles. The molecule has 0 unspecified atom stereocenters. The number of rotatable bonds is 4. The fourth-order valence-electron chi connectivity index (χ4n) is 3.11. The zero-order chi connectivity index (χ0) is 19.2. The van der Waals surface area contributed by atoms with Gasteiger partial charge in [-0.15, -0.1) is 0 Å². The number of amides is 3. The van der Waals surface area contributed by atoms with Gasteiger partial charge in [0, 0.05) is 24.5 Å². The second kappa shape index (κ2) is 8.68. The van der Waals surface area contributed by atoms with Gasteiger partial charge in [0.25, 0.3) is 0 Å². The number of carbonyl (C=O) groups is 2. The number of hydrogen-bond donors (Lipinski definition) is 3. The summed E-state index contributed by atoms with van der Waals surface area (Å²) in [5, 5.41) is 15.1. The number of piperidine rings is 1. The molecular formula is C21H25N3O3. The highest BCUT2D eigenvalue weighted by atomic mass is 16.3. The highest BCUT2D eigenvalue weighted by Gasteiger charge is 2.21. The second-order valence-corrected chi connectivity index (χ2v) is 6.88. The van der Waals surface area contributed by atoms with E-state index < -0.39 is 0 Å². The van der Waals surface area contributed by atoms with E-state index in [1.807, 2.05) is 43.3 Å². The maximum atomic E-state index is 12.3. The molecule has 142 valence electrons. The van der Waals surface area contributed by atoms with Crippen molar-refractivity contribution < 1.29 is 14.7 Å². The summed E-state index contributed by atoms with van der Waals surface area (Å²) in [5.41, 5.74) is 3.32. The van der Waals surface area contributed by atoms with Crippen molar-refractivity contribution >= 4 is 23.3 Å². The minimum atomic E-state index is -0.306. The third-order valence-corrected chi connectivity index (χ3v) is 4.78. The summed E-state index contributed by atoms with van der Waals surface area (Å²) in [6, 6.07) is 14.6. The topological polar surface area (TPSA) is 81.7 Å². The molecule has 0 bridgehead atoms. The number of urea groups is 1. The lowest BCUT2D eigenvalue weighted by Crippen LogP contribution is -2.40. The smallest absolute Gasteiger partial charge is 0.323 e. The zero-order valence-corrected chi connectivity index (χ0v) is 15.4. The molecule has 3 rings (SSSR count). The Bertz CT molecular complexity index is 797. The van der Waals surface area contributed by atoms with Crippen LogP contribution in [0.25, 0.3) is 0 Å². The van der Waals surface area contributed by atoms with Gasteiger partial charge in [0.05, 0.1) is 12.5 Å². The maximum Gasteiger partial charge on any atom is 0.323 e. The number of carbonyl (C=O) groups excluding carboxylic acids is 2. The van der Waals surface area contributed by atoms with Crippen molar-refractivity contribution in [3.05, 3.63) is 59.7 Å². The number of hydrogen-bond acceptors (Lipinski definition) is 3. The van der Waals surface area contributed by atoms with Gasteiger partial charge in [-0.2, -0.15) is 0 Å². The molecule has 6 nitrogen and oxygen atoms in total. The van der Waals surface area contributed by atoms with Crippen LogP contribution >= 0.6 is 0 Å². The molecule has 6 heteroatoms. The van der Waals surface area contributed by atoms with E-state index in [1.165, 1.54) is 0 Å². The maximum absolute atomic E-state index is 12.3. The van der Waals surface area contributed by atoms with E-state index in [2.05, 4.69) is 10.6 Å². The molecule has 2 aromatic carbocycles. The van der Waals surface area contributed by atoms with Crippen molar-refractivity contribution in [1.29, 1.82) is 0 Å². The molecule has 0 aliphatic carbocycles. The molecular weight excluding hydrogens is 342 g/mol. The fourth-order valence-corrected chi connectivity index (χ4v) is 3.11. The first-order chi connectivity index (χ1) is 13.0. The monoisotopic (exact) mass is 367 g/mol. The quantitative estimate of drug-likeness (QED) is 0.776. The summed E-state index contributed by atoms with van der Waals surface area (Å²) < 4.78 is 0. The Balaban J connectivity index is 1.52. The SMILES string of the molecule is Cc1ccccc1NC(=O)Nc1ccc(CC(=O)N2CCC(O)CC2)cc1. The number of anilines is 2. The van der Waals surface area contributed by atoms with Crippen molar-refractivity contribution in [3.8, 4) is 0 Å². The van der Waals surface area contributed by atoms with Gasteiger partial charge in [-0.1, -0.05) is 30.3 Å². The zero-order valence-electron chi connectivity index (χ0n) is 15.4. The molecule has 0 spiro atoms. The Hall–Kier alpha value is -2.86. The van der Waals surface area contributed by atoms with Gasteiger partial charge in [-0.25, -0.2) is 4.79 Å². The van der Waals surface area contributed by atoms with E-state index >= 15 is 0 Å². The molecule has 3 N–H and O–H groups in total. The van der Waals surface area contributed by atoms with Crippen molar-refractivity contribution in [1.82, 2.24) is 4.90 Å². The standard InChI is InChI=1S/C21H25N3O3/c1-15-4-2-3-5-19(15)23-21(27)22-17-8-6-16(7-9-17)14-20(26)24-12-10-18(25)11-13-24/h2-9,18,25H,10-14H2,1H3,(H2,22,23,27). The Labute approximate surface area is 159 Å². The summed E-state index contributed by atoms with van der Waals surface area (Å²) in [7, 11) is 0. The molecule has 1 fully saturated rings. The third kappa shape index (κ3) is 5.31. The molecule has 1 aliphatic heterocycles. The normalized spacial score (nSPS) is 14.7. The van der Waals surface area contributed by atoms with Gasteiger partial charge in [-0.05, 0) is 49.1 Å². The highest BCUT2D eigenvalue weighted by Crippen LogP contribution is 2.16. The predicted octanol–water partition coefficient (Wildman–Crippen LogP) is 3.16. The van der Waals surface area contributed by atoms with Crippen LogP contribution in [0.4, 0.5) is 16.2 Å². The lowest BCUT2D eigenvalue weighted by Gasteiger charge is -2.29.